The maximum Gasteiger partial charge on any atom is 0.0496 e. The Morgan fingerprint density at radius 2 is 1.22 bits per heavy atom. The van der Waals surface area contributed by atoms with Crippen LogP contribution in [0, 0.1) is 0 Å². The van der Waals surface area contributed by atoms with Gasteiger partial charge in [-0.25, -0.2) is 0 Å². The lowest BCUT2D eigenvalue weighted by Crippen LogP contribution is -1.99. The SMILES string of the molecule is c1ccc(Cn2c3ccccc3c3cc(Nc4ccccc4)ccc32)cc1. The third kappa shape index (κ3) is 2.96. The molecule has 5 aromatic rings. The first kappa shape index (κ1) is 15.7. The first-order valence-electron chi connectivity index (χ1n) is 9.25. The van der Waals surface area contributed by atoms with Gasteiger partial charge in [0.05, 0.1) is 0 Å². The van der Waals surface area contributed by atoms with Gasteiger partial charge < -0.3 is 9.88 Å². The molecule has 1 N–H and O–H groups in total. The van der Waals surface area contributed by atoms with E-state index in [0.717, 1.165) is 17.9 Å². The molecule has 0 aliphatic rings. The number of fused-ring (bicyclic) bond motifs is 3. The fourth-order valence-electron chi connectivity index (χ4n) is 3.76. The molecule has 5 rings (SSSR count). The number of anilines is 2. The largest absolute Gasteiger partial charge is 0.356 e. The smallest absolute Gasteiger partial charge is 0.0496 e. The number of hydrogen-bond acceptors (Lipinski definition) is 1. The summed E-state index contributed by atoms with van der Waals surface area (Å²) in [6.45, 7) is 0.871. The molecule has 0 aliphatic heterocycles. The first-order valence-corrected chi connectivity index (χ1v) is 9.25. The minimum atomic E-state index is 0.871. The zero-order valence-electron chi connectivity index (χ0n) is 15.0. The van der Waals surface area contributed by atoms with Gasteiger partial charge in [-0.3, -0.25) is 0 Å². The molecular formula is C25H20N2. The predicted octanol–water partition coefficient (Wildman–Crippen LogP) is 6.59. The molecule has 0 amide bonds. The van der Waals surface area contributed by atoms with E-state index in [9.17, 15) is 0 Å². The lowest BCUT2D eigenvalue weighted by atomic mass is 10.1. The molecule has 0 atom stereocenters. The monoisotopic (exact) mass is 348 g/mol. The van der Waals surface area contributed by atoms with Crippen LogP contribution in [0.15, 0.2) is 103 Å². The molecule has 0 spiro atoms. The Morgan fingerprint density at radius 3 is 2.04 bits per heavy atom. The summed E-state index contributed by atoms with van der Waals surface area (Å²) in [5, 5.41) is 6.08. The van der Waals surface area contributed by atoms with Crippen molar-refractivity contribution >= 4 is 33.2 Å². The molecule has 1 aromatic heterocycles. The van der Waals surface area contributed by atoms with Gasteiger partial charge in [-0.2, -0.15) is 0 Å². The number of benzene rings is 4. The Morgan fingerprint density at radius 1 is 0.556 bits per heavy atom. The lowest BCUT2D eigenvalue weighted by molar-refractivity contribution is 0.869. The summed E-state index contributed by atoms with van der Waals surface area (Å²) in [5.74, 6) is 0. The molecule has 0 saturated carbocycles. The Kier molecular flexibility index (Phi) is 3.87. The quantitative estimate of drug-likeness (QED) is 0.388. The van der Waals surface area contributed by atoms with Crippen LogP contribution in [0.25, 0.3) is 21.8 Å². The third-order valence-electron chi connectivity index (χ3n) is 5.02. The average Bonchev–Trinajstić information content (AvgIpc) is 3.03. The van der Waals surface area contributed by atoms with Crippen LogP contribution in [-0.2, 0) is 6.54 Å². The van der Waals surface area contributed by atoms with E-state index >= 15 is 0 Å². The van der Waals surface area contributed by atoms with E-state index in [4.69, 9.17) is 0 Å². The van der Waals surface area contributed by atoms with Crippen LogP contribution in [-0.4, -0.2) is 4.57 Å². The molecule has 0 bridgehead atoms. The maximum absolute atomic E-state index is 3.51. The van der Waals surface area contributed by atoms with Crippen molar-refractivity contribution in [3.63, 3.8) is 0 Å². The highest BCUT2D eigenvalue weighted by molar-refractivity contribution is 6.09. The molecule has 130 valence electrons. The van der Waals surface area contributed by atoms with Crippen molar-refractivity contribution in [1.29, 1.82) is 0 Å². The fraction of sp³-hybridized carbons (Fsp3) is 0.0400. The van der Waals surface area contributed by atoms with Crippen LogP contribution in [0.1, 0.15) is 5.56 Å². The van der Waals surface area contributed by atoms with Crippen molar-refractivity contribution in [2.45, 2.75) is 6.54 Å². The zero-order chi connectivity index (χ0) is 18.1. The zero-order valence-corrected chi connectivity index (χ0v) is 15.0. The van der Waals surface area contributed by atoms with Crippen LogP contribution in [0.4, 0.5) is 11.4 Å². The number of hydrogen-bond donors (Lipinski definition) is 1. The van der Waals surface area contributed by atoms with Gasteiger partial charge in [-0.05, 0) is 42.0 Å². The third-order valence-corrected chi connectivity index (χ3v) is 5.02. The number of nitrogens with zero attached hydrogens (tertiary/aromatic N) is 1. The second kappa shape index (κ2) is 6.65. The summed E-state index contributed by atoms with van der Waals surface area (Å²) in [7, 11) is 0. The van der Waals surface area contributed by atoms with Crippen LogP contribution in [0.3, 0.4) is 0 Å². The summed E-state index contributed by atoms with van der Waals surface area (Å²) in [6, 6.07) is 36.2. The van der Waals surface area contributed by atoms with E-state index in [1.54, 1.807) is 0 Å². The molecule has 0 fully saturated rings. The molecule has 0 aliphatic carbocycles. The average molecular weight is 348 g/mol. The summed E-state index contributed by atoms with van der Waals surface area (Å²) >= 11 is 0. The molecule has 0 radical (unpaired) electrons. The topological polar surface area (TPSA) is 17.0 Å². The summed E-state index contributed by atoms with van der Waals surface area (Å²) in [4.78, 5) is 0. The van der Waals surface area contributed by atoms with Crippen LogP contribution in [0.5, 0.6) is 0 Å². The van der Waals surface area contributed by atoms with Gasteiger partial charge in [0.15, 0.2) is 0 Å². The Labute approximate surface area is 158 Å². The van der Waals surface area contributed by atoms with Crippen molar-refractivity contribution in [3.05, 3.63) is 109 Å². The van der Waals surface area contributed by atoms with Gasteiger partial charge in [0.1, 0.15) is 0 Å². The van der Waals surface area contributed by atoms with E-state index < -0.39 is 0 Å². The van der Waals surface area contributed by atoms with Crippen molar-refractivity contribution in [2.24, 2.45) is 0 Å². The molecule has 0 saturated heterocycles. The summed E-state index contributed by atoms with van der Waals surface area (Å²) < 4.78 is 2.41. The van der Waals surface area contributed by atoms with Crippen LogP contribution in [0.2, 0.25) is 0 Å². The highest BCUT2D eigenvalue weighted by Crippen LogP contribution is 2.32. The Bertz CT molecular complexity index is 1200. The van der Waals surface area contributed by atoms with E-state index in [-0.39, 0.29) is 0 Å². The second-order valence-corrected chi connectivity index (χ2v) is 6.81. The van der Waals surface area contributed by atoms with Crippen molar-refractivity contribution < 1.29 is 0 Å². The Hall–Kier alpha value is -3.52. The van der Waals surface area contributed by atoms with Gasteiger partial charge in [-0.1, -0.05) is 66.7 Å². The second-order valence-electron chi connectivity index (χ2n) is 6.81. The number of para-hydroxylation sites is 2. The van der Waals surface area contributed by atoms with Crippen LogP contribution >= 0.6 is 0 Å². The predicted molar refractivity (Wildman–Crippen MR) is 115 cm³/mol. The van der Waals surface area contributed by atoms with Crippen molar-refractivity contribution in [2.75, 3.05) is 5.32 Å². The molecular weight excluding hydrogens is 328 g/mol. The van der Waals surface area contributed by atoms with E-state index in [0.29, 0.717) is 0 Å². The highest BCUT2D eigenvalue weighted by Gasteiger charge is 2.11. The summed E-state index contributed by atoms with van der Waals surface area (Å²) in [5.41, 5.74) is 6.06. The van der Waals surface area contributed by atoms with Crippen LogP contribution < -0.4 is 5.32 Å². The molecule has 4 aromatic carbocycles. The highest BCUT2D eigenvalue weighted by atomic mass is 15.0. The Balaban J connectivity index is 1.64. The number of nitrogens with one attached hydrogen (secondary N) is 1. The fourth-order valence-corrected chi connectivity index (χ4v) is 3.76. The maximum atomic E-state index is 3.51. The van der Waals surface area contributed by atoms with E-state index in [2.05, 4.69) is 94.8 Å². The minimum absolute atomic E-state index is 0.871. The normalized spacial score (nSPS) is 11.1. The van der Waals surface area contributed by atoms with Gasteiger partial charge >= 0.3 is 0 Å². The van der Waals surface area contributed by atoms with Crippen molar-refractivity contribution in [3.8, 4) is 0 Å². The lowest BCUT2D eigenvalue weighted by Gasteiger charge is -2.09. The first-order chi connectivity index (χ1) is 13.4. The molecule has 0 unspecified atom stereocenters. The number of aromatic nitrogens is 1. The van der Waals surface area contributed by atoms with E-state index in [1.165, 1.54) is 27.4 Å². The van der Waals surface area contributed by atoms with Gasteiger partial charge in [0.25, 0.3) is 0 Å². The van der Waals surface area contributed by atoms with E-state index in [1.807, 2.05) is 18.2 Å². The minimum Gasteiger partial charge on any atom is -0.356 e. The summed E-state index contributed by atoms with van der Waals surface area (Å²) in [6.07, 6.45) is 0. The van der Waals surface area contributed by atoms with Gasteiger partial charge in [-0.15, -0.1) is 0 Å². The standard InChI is InChI=1S/C25H20N2/c1-3-9-19(10-4-1)18-27-24-14-8-7-13-22(24)23-17-21(15-16-25(23)27)26-20-11-5-2-6-12-20/h1-17,26H,18H2. The van der Waals surface area contributed by atoms with Gasteiger partial charge in [0.2, 0.25) is 0 Å². The van der Waals surface area contributed by atoms with Crippen molar-refractivity contribution in [1.82, 2.24) is 4.57 Å². The molecule has 2 heteroatoms. The molecule has 27 heavy (non-hydrogen) atoms. The molecule has 1 heterocycles. The number of rotatable bonds is 4. The molecule has 2 nitrogen and oxygen atoms in total. The van der Waals surface area contributed by atoms with Gasteiger partial charge in [0, 0.05) is 39.7 Å².